The van der Waals surface area contributed by atoms with Gasteiger partial charge in [-0.25, -0.2) is 4.79 Å². The molecule has 2 aromatic carbocycles. The summed E-state index contributed by atoms with van der Waals surface area (Å²) in [7, 11) is 1.41. The molecule has 1 aliphatic rings. The molecule has 7 nitrogen and oxygen atoms in total. The average molecular weight is 392 g/mol. The van der Waals surface area contributed by atoms with Gasteiger partial charge in [-0.05, 0) is 25.1 Å². The number of para-hydroxylation sites is 2. The Morgan fingerprint density at radius 2 is 2.00 bits per heavy atom. The second-order valence-corrected chi connectivity index (χ2v) is 6.01. The maximum Gasteiger partial charge on any atom is 0.341 e. The van der Waals surface area contributed by atoms with Gasteiger partial charge >= 0.3 is 5.97 Å². The first-order valence-electron chi connectivity index (χ1n) is 8.27. The number of ether oxygens (including phenoxy) is 4. The van der Waals surface area contributed by atoms with E-state index in [4.69, 9.17) is 30.5 Å². The Hall–Kier alpha value is -2.93. The third-order valence-corrected chi connectivity index (χ3v) is 4.16. The van der Waals surface area contributed by atoms with Crippen molar-refractivity contribution in [1.29, 1.82) is 0 Å². The molecular formula is C19H18ClNO6. The van der Waals surface area contributed by atoms with E-state index in [9.17, 15) is 9.59 Å². The van der Waals surface area contributed by atoms with Crippen LogP contribution in [0.3, 0.4) is 0 Å². The molecule has 1 amide bonds. The molecule has 1 aliphatic heterocycles. The van der Waals surface area contributed by atoms with Crippen molar-refractivity contribution in [2.24, 2.45) is 0 Å². The van der Waals surface area contributed by atoms with Gasteiger partial charge in [0.2, 0.25) is 6.10 Å². The topological polar surface area (TPSA) is 83.1 Å². The molecule has 0 spiro atoms. The minimum atomic E-state index is -0.841. The number of esters is 1. The van der Waals surface area contributed by atoms with Crippen molar-refractivity contribution < 1.29 is 28.5 Å². The molecule has 1 unspecified atom stereocenters. The van der Waals surface area contributed by atoms with E-state index in [0.717, 1.165) is 0 Å². The number of amides is 1. The van der Waals surface area contributed by atoms with E-state index in [1.54, 1.807) is 25.1 Å². The molecule has 1 atom stereocenters. The van der Waals surface area contributed by atoms with Crippen molar-refractivity contribution in [1.82, 2.24) is 0 Å². The van der Waals surface area contributed by atoms with Crippen molar-refractivity contribution in [3.05, 3.63) is 47.0 Å². The standard InChI is InChI=1S/C19H18ClNO6/c1-3-25-19(23)11-8-12(20)13(9-16(11)24-2)21-18(22)17-10-26-14-6-4-5-7-15(14)27-17/h4-9,17H,3,10H2,1-2H3,(H,21,22). The molecule has 27 heavy (non-hydrogen) atoms. The number of carbonyl (C=O) groups is 2. The number of hydrogen-bond acceptors (Lipinski definition) is 6. The van der Waals surface area contributed by atoms with Crippen molar-refractivity contribution in [2.45, 2.75) is 13.0 Å². The summed E-state index contributed by atoms with van der Waals surface area (Å²) in [5.41, 5.74) is 0.461. The molecule has 1 N–H and O–H groups in total. The molecule has 0 saturated carbocycles. The average Bonchev–Trinajstić information content (AvgIpc) is 2.68. The highest BCUT2D eigenvalue weighted by atomic mass is 35.5. The number of benzene rings is 2. The minimum absolute atomic E-state index is 0.0680. The number of anilines is 1. The summed E-state index contributed by atoms with van der Waals surface area (Å²) in [5.74, 6) is 0.316. The molecule has 0 bridgehead atoms. The number of nitrogens with one attached hydrogen (secondary N) is 1. The van der Waals surface area contributed by atoms with Gasteiger partial charge in [0.15, 0.2) is 11.5 Å². The number of methoxy groups -OCH3 is 1. The summed E-state index contributed by atoms with van der Waals surface area (Å²) < 4.78 is 21.4. The van der Waals surface area contributed by atoms with Gasteiger partial charge < -0.3 is 24.3 Å². The molecular weight excluding hydrogens is 374 g/mol. The molecule has 0 aromatic heterocycles. The lowest BCUT2D eigenvalue weighted by Crippen LogP contribution is -2.40. The van der Waals surface area contributed by atoms with Crippen molar-refractivity contribution in [2.75, 3.05) is 25.6 Å². The summed E-state index contributed by atoms with van der Waals surface area (Å²) in [4.78, 5) is 24.5. The van der Waals surface area contributed by atoms with Crippen molar-refractivity contribution >= 4 is 29.2 Å². The summed E-state index contributed by atoms with van der Waals surface area (Å²) in [6.45, 7) is 1.99. The van der Waals surface area contributed by atoms with Crippen LogP contribution in [-0.2, 0) is 9.53 Å². The van der Waals surface area contributed by atoms with Gasteiger partial charge in [0.05, 0.1) is 24.4 Å². The third kappa shape index (κ3) is 4.09. The Labute approximate surface area is 161 Å². The van der Waals surface area contributed by atoms with Crippen LogP contribution in [0.15, 0.2) is 36.4 Å². The first-order chi connectivity index (χ1) is 13.0. The quantitative estimate of drug-likeness (QED) is 0.787. The summed E-state index contributed by atoms with van der Waals surface area (Å²) in [6, 6.07) is 9.95. The molecule has 8 heteroatoms. The number of halogens is 1. The SMILES string of the molecule is CCOC(=O)c1cc(Cl)c(NC(=O)C2COc3ccccc3O2)cc1OC. The maximum atomic E-state index is 12.5. The second kappa shape index (κ2) is 8.18. The van der Waals surface area contributed by atoms with E-state index in [1.807, 2.05) is 6.07 Å². The predicted octanol–water partition coefficient (Wildman–Crippen LogP) is 3.30. The van der Waals surface area contributed by atoms with Crippen molar-refractivity contribution in [3.63, 3.8) is 0 Å². The lowest BCUT2D eigenvalue weighted by atomic mass is 10.1. The Balaban J connectivity index is 1.77. The molecule has 0 radical (unpaired) electrons. The highest BCUT2D eigenvalue weighted by Crippen LogP contribution is 2.33. The second-order valence-electron chi connectivity index (χ2n) is 5.61. The van der Waals surface area contributed by atoms with E-state index in [2.05, 4.69) is 5.32 Å². The molecule has 2 aromatic rings. The molecule has 0 aliphatic carbocycles. The number of rotatable bonds is 5. The van der Waals surface area contributed by atoms with E-state index in [-0.39, 0.29) is 35.2 Å². The van der Waals surface area contributed by atoms with E-state index >= 15 is 0 Å². The van der Waals surface area contributed by atoms with E-state index < -0.39 is 18.0 Å². The largest absolute Gasteiger partial charge is 0.496 e. The zero-order valence-corrected chi connectivity index (χ0v) is 15.5. The van der Waals surface area contributed by atoms with Crippen LogP contribution in [0.2, 0.25) is 5.02 Å². The molecule has 1 heterocycles. The monoisotopic (exact) mass is 391 g/mol. The fourth-order valence-corrected chi connectivity index (χ4v) is 2.76. The number of fused-ring (bicyclic) bond motifs is 1. The molecule has 142 valence electrons. The maximum absolute atomic E-state index is 12.5. The van der Waals surface area contributed by atoms with Gasteiger partial charge in [-0.15, -0.1) is 0 Å². The van der Waals surface area contributed by atoms with Gasteiger partial charge in [0.25, 0.3) is 5.91 Å². The Morgan fingerprint density at radius 3 is 2.70 bits per heavy atom. The highest BCUT2D eigenvalue weighted by Gasteiger charge is 2.28. The van der Waals surface area contributed by atoms with Crippen LogP contribution < -0.4 is 19.5 Å². The molecule has 0 saturated heterocycles. The Kier molecular flexibility index (Phi) is 5.71. The predicted molar refractivity (Wildman–Crippen MR) is 98.9 cm³/mol. The van der Waals surface area contributed by atoms with Gasteiger partial charge in [-0.1, -0.05) is 23.7 Å². The molecule has 3 rings (SSSR count). The summed E-state index contributed by atoms with van der Waals surface area (Å²) >= 11 is 6.22. The van der Waals surface area contributed by atoms with Crippen LogP contribution in [0.25, 0.3) is 0 Å². The van der Waals surface area contributed by atoms with Crippen LogP contribution >= 0.6 is 11.6 Å². The first-order valence-corrected chi connectivity index (χ1v) is 8.65. The van der Waals surface area contributed by atoms with Gasteiger partial charge in [-0.2, -0.15) is 0 Å². The summed E-state index contributed by atoms with van der Waals surface area (Å²) in [5, 5.41) is 2.85. The minimum Gasteiger partial charge on any atom is -0.496 e. The lowest BCUT2D eigenvalue weighted by Gasteiger charge is -2.25. The zero-order chi connectivity index (χ0) is 19.4. The number of carbonyl (C=O) groups excluding carboxylic acids is 2. The molecule has 0 fully saturated rings. The smallest absolute Gasteiger partial charge is 0.341 e. The van der Waals surface area contributed by atoms with E-state index in [0.29, 0.717) is 11.5 Å². The summed E-state index contributed by atoms with van der Waals surface area (Å²) in [6.07, 6.45) is -0.841. The zero-order valence-electron chi connectivity index (χ0n) is 14.8. The highest BCUT2D eigenvalue weighted by molar-refractivity contribution is 6.34. The first kappa shape index (κ1) is 18.8. The fourth-order valence-electron chi connectivity index (χ4n) is 2.55. The van der Waals surface area contributed by atoms with Gasteiger partial charge in [0.1, 0.15) is 17.9 Å². The Bertz CT molecular complexity index is 869. The van der Waals surface area contributed by atoms with Crippen LogP contribution in [0, 0.1) is 0 Å². The Morgan fingerprint density at radius 1 is 1.26 bits per heavy atom. The van der Waals surface area contributed by atoms with Crippen LogP contribution in [-0.4, -0.2) is 38.3 Å². The normalized spacial score (nSPS) is 15.0. The fraction of sp³-hybridized carbons (Fsp3) is 0.263. The van der Waals surface area contributed by atoms with Gasteiger partial charge in [-0.3, -0.25) is 4.79 Å². The third-order valence-electron chi connectivity index (χ3n) is 3.84. The van der Waals surface area contributed by atoms with Crippen LogP contribution in [0.4, 0.5) is 5.69 Å². The van der Waals surface area contributed by atoms with Crippen molar-refractivity contribution in [3.8, 4) is 17.2 Å². The van der Waals surface area contributed by atoms with Crippen LogP contribution in [0.5, 0.6) is 17.2 Å². The van der Waals surface area contributed by atoms with Gasteiger partial charge in [0, 0.05) is 6.07 Å². The number of hydrogen-bond donors (Lipinski definition) is 1. The van der Waals surface area contributed by atoms with E-state index in [1.165, 1.54) is 19.2 Å². The lowest BCUT2D eigenvalue weighted by molar-refractivity contribution is -0.125. The van der Waals surface area contributed by atoms with Crippen LogP contribution in [0.1, 0.15) is 17.3 Å².